The van der Waals surface area contributed by atoms with Crippen LogP contribution in [0.5, 0.6) is 0 Å². The molecule has 1 saturated carbocycles. The Morgan fingerprint density at radius 2 is 2.03 bits per heavy atom. The van der Waals surface area contributed by atoms with Gasteiger partial charge in [0.15, 0.2) is 0 Å². The molecule has 1 aliphatic carbocycles. The van der Waals surface area contributed by atoms with E-state index in [1.807, 2.05) is 37.3 Å². The van der Waals surface area contributed by atoms with Crippen molar-refractivity contribution in [3.8, 4) is 0 Å². The van der Waals surface area contributed by atoms with E-state index in [4.69, 9.17) is 4.74 Å². The maximum atomic E-state index is 12.7. The number of aromatic amines is 1. The number of aromatic nitrogens is 2. The summed E-state index contributed by atoms with van der Waals surface area (Å²) < 4.78 is 5.57. The van der Waals surface area contributed by atoms with Crippen molar-refractivity contribution in [1.82, 2.24) is 9.97 Å². The highest BCUT2D eigenvalue weighted by molar-refractivity contribution is 7.18. The molecule has 0 spiro atoms. The predicted octanol–water partition coefficient (Wildman–Crippen LogP) is 4.66. The fourth-order valence-electron chi connectivity index (χ4n) is 3.79. The van der Waals surface area contributed by atoms with Crippen molar-refractivity contribution in [2.45, 2.75) is 58.5 Å². The number of thiophene rings is 1. The molecule has 0 aliphatic heterocycles. The van der Waals surface area contributed by atoms with Gasteiger partial charge in [-0.2, -0.15) is 0 Å². The van der Waals surface area contributed by atoms with Crippen molar-refractivity contribution < 1.29 is 9.53 Å². The molecule has 152 valence electrons. The lowest BCUT2D eigenvalue weighted by Crippen LogP contribution is -2.24. The first kappa shape index (κ1) is 19.8. The topological polar surface area (TPSA) is 72.0 Å². The summed E-state index contributed by atoms with van der Waals surface area (Å²) in [6.45, 7) is 6.38. The van der Waals surface area contributed by atoms with E-state index in [0.717, 1.165) is 46.5 Å². The van der Waals surface area contributed by atoms with Crippen molar-refractivity contribution in [1.29, 1.82) is 0 Å². The number of nitrogens with one attached hydrogen (secondary N) is 1. The first-order chi connectivity index (χ1) is 13.9. The van der Waals surface area contributed by atoms with E-state index in [2.05, 4.69) is 23.8 Å². The number of nitrogens with zero attached hydrogens (tertiary/aromatic N) is 1. The van der Waals surface area contributed by atoms with Crippen LogP contribution in [0.3, 0.4) is 0 Å². The van der Waals surface area contributed by atoms with E-state index in [0.29, 0.717) is 17.1 Å². The van der Waals surface area contributed by atoms with Crippen LogP contribution in [-0.2, 0) is 28.0 Å². The van der Waals surface area contributed by atoms with Gasteiger partial charge in [0.2, 0.25) is 0 Å². The smallest absolute Gasteiger partial charge is 0.317 e. The lowest BCUT2D eigenvalue weighted by molar-refractivity contribution is -0.148. The first-order valence-corrected chi connectivity index (χ1v) is 11.0. The van der Waals surface area contributed by atoms with Crippen molar-refractivity contribution in [2.75, 3.05) is 0 Å². The van der Waals surface area contributed by atoms with Crippen LogP contribution in [0.15, 0.2) is 35.1 Å². The minimum absolute atomic E-state index is 0.0176. The second-order valence-corrected chi connectivity index (χ2v) is 9.27. The number of benzene rings is 1. The van der Waals surface area contributed by atoms with Gasteiger partial charge < -0.3 is 9.72 Å². The number of aryl methyl sites for hydroxylation is 1. The Bertz CT molecular complexity index is 1100. The summed E-state index contributed by atoms with van der Waals surface area (Å²) in [4.78, 5) is 34.7. The van der Waals surface area contributed by atoms with Crippen LogP contribution >= 0.6 is 11.3 Å². The molecule has 1 N–H and O–H groups in total. The van der Waals surface area contributed by atoms with Gasteiger partial charge in [-0.25, -0.2) is 4.98 Å². The monoisotopic (exact) mass is 410 g/mol. The molecule has 0 unspecified atom stereocenters. The molecule has 29 heavy (non-hydrogen) atoms. The molecule has 2 heterocycles. The molecule has 0 saturated heterocycles. The first-order valence-electron chi connectivity index (χ1n) is 10.2. The summed E-state index contributed by atoms with van der Waals surface area (Å²) in [6, 6.07) is 9.74. The molecule has 1 aliphatic rings. The molecule has 4 rings (SSSR count). The average Bonchev–Trinajstić information content (AvgIpc) is 3.47. The largest absolute Gasteiger partial charge is 0.457 e. The molecule has 2 aromatic heterocycles. The predicted molar refractivity (Wildman–Crippen MR) is 115 cm³/mol. The Morgan fingerprint density at radius 1 is 1.31 bits per heavy atom. The number of carbonyl (C=O) groups excluding carboxylic acids is 1. The molecular weight excluding hydrogens is 384 g/mol. The van der Waals surface area contributed by atoms with E-state index < -0.39 is 5.41 Å². The molecule has 1 fully saturated rings. The minimum Gasteiger partial charge on any atom is -0.457 e. The number of hydrogen-bond acceptors (Lipinski definition) is 5. The van der Waals surface area contributed by atoms with Gasteiger partial charge in [-0.15, -0.1) is 11.3 Å². The van der Waals surface area contributed by atoms with Crippen molar-refractivity contribution in [2.24, 2.45) is 5.92 Å². The SMILES string of the molecule is CC[C@H](C)Cc1c(C)sc2nc(COC(=O)C3(c4ccccc4)CC3)[nH]c(=O)c12. The zero-order valence-electron chi connectivity index (χ0n) is 17.1. The lowest BCUT2D eigenvalue weighted by Gasteiger charge is -2.14. The number of rotatable bonds is 7. The number of hydrogen-bond donors (Lipinski definition) is 1. The van der Waals surface area contributed by atoms with E-state index >= 15 is 0 Å². The second-order valence-electron chi connectivity index (χ2n) is 8.07. The Balaban J connectivity index is 1.54. The number of carbonyl (C=O) groups is 1. The van der Waals surface area contributed by atoms with E-state index in [-0.39, 0.29) is 18.1 Å². The zero-order valence-corrected chi connectivity index (χ0v) is 17.9. The van der Waals surface area contributed by atoms with Crippen LogP contribution in [0.2, 0.25) is 0 Å². The Morgan fingerprint density at radius 3 is 2.69 bits per heavy atom. The highest BCUT2D eigenvalue weighted by atomic mass is 32.1. The summed E-state index contributed by atoms with van der Waals surface area (Å²) in [5, 5.41) is 0.686. The van der Waals surface area contributed by atoms with Gasteiger partial charge in [-0.05, 0) is 43.2 Å². The van der Waals surface area contributed by atoms with E-state index in [1.165, 1.54) is 11.3 Å². The highest BCUT2D eigenvalue weighted by Gasteiger charge is 2.52. The third-order valence-electron chi connectivity index (χ3n) is 5.97. The minimum atomic E-state index is -0.533. The molecular formula is C23H26N2O3S. The Hall–Kier alpha value is -2.47. The molecule has 0 amide bonds. The van der Waals surface area contributed by atoms with Gasteiger partial charge in [0, 0.05) is 4.88 Å². The fourth-order valence-corrected chi connectivity index (χ4v) is 4.86. The van der Waals surface area contributed by atoms with E-state index in [9.17, 15) is 9.59 Å². The van der Waals surface area contributed by atoms with Gasteiger partial charge in [-0.3, -0.25) is 9.59 Å². The molecule has 6 heteroatoms. The highest BCUT2D eigenvalue weighted by Crippen LogP contribution is 2.49. The molecule has 1 atom stereocenters. The Labute approximate surface area is 174 Å². The summed E-state index contributed by atoms with van der Waals surface area (Å²) >= 11 is 1.54. The van der Waals surface area contributed by atoms with Gasteiger partial charge >= 0.3 is 5.97 Å². The second kappa shape index (κ2) is 7.75. The number of ether oxygens (including phenoxy) is 1. The van der Waals surface area contributed by atoms with Gasteiger partial charge in [-0.1, -0.05) is 50.6 Å². The third kappa shape index (κ3) is 3.73. The van der Waals surface area contributed by atoms with E-state index in [1.54, 1.807) is 0 Å². The summed E-state index contributed by atoms with van der Waals surface area (Å²) in [7, 11) is 0. The Kier molecular flexibility index (Phi) is 5.30. The van der Waals surface area contributed by atoms with Gasteiger partial charge in [0.1, 0.15) is 17.3 Å². The third-order valence-corrected chi connectivity index (χ3v) is 7.01. The van der Waals surface area contributed by atoms with Crippen molar-refractivity contribution in [3.63, 3.8) is 0 Å². The van der Waals surface area contributed by atoms with Gasteiger partial charge in [0.05, 0.1) is 10.8 Å². The zero-order chi connectivity index (χ0) is 20.6. The average molecular weight is 411 g/mol. The van der Waals surface area contributed by atoms with Crippen LogP contribution in [0.1, 0.15) is 54.9 Å². The summed E-state index contributed by atoms with van der Waals surface area (Å²) in [5.41, 5.74) is 1.41. The quantitative estimate of drug-likeness (QED) is 0.575. The maximum absolute atomic E-state index is 12.7. The molecule has 3 aromatic rings. The van der Waals surface area contributed by atoms with Crippen LogP contribution < -0.4 is 5.56 Å². The molecule has 0 bridgehead atoms. The number of esters is 1. The maximum Gasteiger partial charge on any atom is 0.317 e. The van der Waals surface area contributed by atoms with Crippen LogP contribution in [-0.4, -0.2) is 15.9 Å². The van der Waals surface area contributed by atoms with Crippen molar-refractivity contribution >= 4 is 27.5 Å². The number of H-pyrrole nitrogens is 1. The molecule has 5 nitrogen and oxygen atoms in total. The summed E-state index contributed by atoms with van der Waals surface area (Å²) in [6.07, 6.45) is 3.53. The van der Waals surface area contributed by atoms with Crippen LogP contribution in [0.25, 0.3) is 10.2 Å². The van der Waals surface area contributed by atoms with Crippen LogP contribution in [0, 0.1) is 12.8 Å². The standard InChI is InChI=1S/C23H26N2O3S/c1-4-14(2)12-17-15(3)29-21-19(17)20(26)24-18(25-21)13-28-22(27)23(10-11-23)16-8-6-5-7-9-16/h5-9,14H,4,10-13H2,1-3H3,(H,24,25,26)/t14-/m0/s1. The normalized spacial score (nSPS) is 16.0. The van der Waals surface area contributed by atoms with Gasteiger partial charge in [0.25, 0.3) is 5.56 Å². The van der Waals surface area contributed by atoms with Crippen molar-refractivity contribution in [3.05, 3.63) is 62.5 Å². The lowest BCUT2D eigenvalue weighted by atomic mass is 9.96. The number of fused-ring (bicyclic) bond motifs is 1. The van der Waals surface area contributed by atoms with Crippen LogP contribution in [0.4, 0.5) is 0 Å². The fraction of sp³-hybridized carbons (Fsp3) is 0.435. The molecule has 0 radical (unpaired) electrons. The molecule has 1 aromatic carbocycles. The summed E-state index contributed by atoms with van der Waals surface area (Å²) in [5.74, 6) is 0.668.